The van der Waals surface area contributed by atoms with Gasteiger partial charge in [0.25, 0.3) is 0 Å². The van der Waals surface area contributed by atoms with Gasteiger partial charge in [0.15, 0.2) is 0 Å². The highest BCUT2D eigenvalue weighted by Gasteiger charge is 2.10. The summed E-state index contributed by atoms with van der Waals surface area (Å²) in [6, 6.07) is 0. The van der Waals surface area contributed by atoms with Gasteiger partial charge in [-0.25, -0.2) is 0 Å². The third-order valence-electron chi connectivity index (χ3n) is 3.35. The Bertz CT molecular complexity index is 509. The van der Waals surface area contributed by atoms with Crippen LogP contribution in [-0.4, -0.2) is 63.0 Å². The lowest BCUT2D eigenvalue weighted by Gasteiger charge is -2.08. The third kappa shape index (κ3) is 15.3. The maximum atomic E-state index is 11.6. The lowest BCUT2D eigenvalue weighted by molar-refractivity contribution is -0.144. The van der Waals surface area contributed by atoms with Crippen molar-refractivity contribution < 1.29 is 33.4 Å². The largest absolute Gasteiger partial charge is 0.469 e. The summed E-state index contributed by atoms with van der Waals surface area (Å²) in [7, 11) is 1.30. The molecular weight excluding hydrogens is 358 g/mol. The summed E-state index contributed by atoms with van der Waals surface area (Å²) in [6.07, 6.45) is 3.10. The monoisotopic (exact) mass is 387 g/mol. The van der Waals surface area contributed by atoms with E-state index in [0.717, 1.165) is 12.8 Å². The van der Waals surface area contributed by atoms with Crippen molar-refractivity contribution in [2.45, 2.75) is 45.4 Å². The average molecular weight is 387 g/mol. The van der Waals surface area contributed by atoms with E-state index in [0.29, 0.717) is 19.4 Å². The number of ether oxygens (including phenoxy) is 2. The first kappa shape index (κ1) is 24.4. The van der Waals surface area contributed by atoms with Gasteiger partial charge < -0.3 is 25.4 Å². The molecule has 0 radical (unpaired) electrons. The zero-order valence-corrected chi connectivity index (χ0v) is 15.9. The minimum absolute atomic E-state index is 0.185. The Morgan fingerprint density at radius 1 is 0.704 bits per heavy atom. The number of rotatable bonds is 14. The Labute approximate surface area is 158 Å². The highest BCUT2D eigenvalue weighted by molar-refractivity contribution is 5.89. The van der Waals surface area contributed by atoms with Gasteiger partial charge in [-0.2, -0.15) is 0 Å². The van der Waals surface area contributed by atoms with Crippen LogP contribution in [0.1, 0.15) is 45.4 Å². The number of nitrogens with one attached hydrogen (secondary N) is 3. The number of hydrogen-bond donors (Lipinski definition) is 3. The second-order valence-corrected chi connectivity index (χ2v) is 5.69. The first-order chi connectivity index (χ1) is 12.9. The fourth-order valence-electron chi connectivity index (χ4n) is 1.78. The van der Waals surface area contributed by atoms with E-state index >= 15 is 0 Å². The third-order valence-corrected chi connectivity index (χ3v) is 3.35. The van der Waals surface area contributed by atoms with Gasteiger partial charge in [-0.3, -0.25) is 24.0 Å². The van der Waals surface area contributed by atoms with Crippen LogP contribution >= 0.6 is 0 Å². The van der Waals surface area contributed by atoms with E-state index < -0.39 is 17.8 Å². The van der Waals surface area contributed by atoms with Crippen LogP contribution in [0.25, 0.3) is 0 Å². The molecule has 0 heterocycles. The van der Waals surface area contributed by atoms with Crippen molar-refractivity contribution in [2.24, 2.45) is 0 Å². The summed E-state index contributed by atoms with van der Waals surface area (Å²) >= 11 is 0. The summed E-state index contributed by atoms with van der Waals surface area (Å²) in [4.78, 5) is 56.8. The summed E-state index contributed by atoms with van der Waals surface area (Å²) in [5.41, 5.74) is 0. The van der Waals surface area contributed by atoms with Crippen molar-refractivity contribution in [2.75, 3.05) is 33.4 Å². The van der Waals surface area contributed by atoms with Gasteiger partial charge in [-0.15, -0.1) is 0 Å². The molecule has 0 aliphatic carbocycles. The number of carbonyl (C=O) groups excluding carboxylic acids is 5. The fraction of sp³-hybridized carbons (Fsp3) is 0.706. The SMILES string of the molecule is CCCCOC(=O)CNC(=O)CNC(=O)CNC(=O)CCCCC(=O)OC. The molecule has 3 N–H and O–H groups in total. The molecule has 0 rings (SSSR count). The van der Waals surface area contributed by atoms with Crippen molar-refractivity contribution in [1.82, 2.24) is 16.0 Å². The Morgan fingerprint density at radius 2 is 1.26 bits per heavy atom. The minimum Gasteiger partial charge on any atom is -0.469 e. The highest BCUT2D eigenvalue weighted by atomic mass is 16.5. The number of esters is 2. The topological polar surface area (TPSA) is 140 Å². The molecule has 0 aromatic carbocycles. The summed E-state index contributed by atoms with van der Waals surface area (Å²) < 4.78 is 9.35. The van der Waals surface area contributed by atoms with Crippen molar-refractivity contribution in [1.29, 1.82) is 0 Å². The van der Waals surface area contributed by atoms with Crippen molar-refractivity contribution in [3.05, 3.63) is 0 Å². The lowest BCUT2D eigenvalue weighted by Crippen LogP contribution is -2.43. The molecule has 27 heavy (non-hydrogen) atoms. The molecule has 0 spiro atoms. The summed E-state index contributed by atoms with van der Waals surface area (Å²) in [5, 5.41) is 7.06. The molecule has 10 heteroatoms. The van der Waals surface area contributed by atoms with Crippen molar-refractivity contribution >= 4 is 29.7 Å². The number of methoxy groups -OCH3 is 1. The first-order valence-electron chi connectivity index (χ1n) is 8.91. The molecule has 0 atom stereocenters. The predicted octanol–water partition coefficient (Wildman–Crippen LogP) is -0.588. The van der Waals surface area contributed by atoms with Crippen LogP contribution in [0.3, 0.4) is 0 Å². The molecule has 0 aliphatic rings. The Kier molecular flexibility index (Phi) is 14.1. The van der Waals surface area contributed by atoms with Crippen LogP contribution in [-0.2, 0) is 33.4 Å². The maximum Gasteiger partial charge on any atom is 0.325 e. The Hall–Kier alpha value is -2.65. The van der Waals surface area contributed by atoms with Crippen molar-refractivity contribution in [3.8, 4) is 0 Å². The van der Waals surface area contributed by atoms with E-state index in [-0.39, 0.29) is 44.4 Å². The van der Waals surface area contributed by atoms with E-state index in [1.807, 2.05) is 6.92 Å². The molecule has 0 saturated carbocycles. The Balaban J connectivity index is 3.71. The number of unbranched alkanes of at least 4 members (excludes halogenated alkanes) is 2. The van der Waals surface area contributed by atoms with Gasteiger partial charge in [0.1, 0.15) is 6.54 Å². The number of hydrogen-bond acceptors (Lipinski definition) is 7. The van der Waals surface area contributed by atoms with Crippen LogP contribution in [0.2, 0.25) is 0 Å². The average Bonchev–Trinajstić information content (AvgIpc) is 2.66. The van der Waals surface area contributed by atoms with Crippen LogP contribution < -0.4 is 16.0 Å². The highest BCUT2D eigenvalue weighted by Crippen LogP contribution is 2.00. The quantitative estimate of drug-likeness (QED) is 0.267. The fourth-order valence-corrected chi connectivity index (χ4v) is 1.78. The van der Waals surface area contributed by atoms with Gasteiger partial charge in [0.2, 0.25) is 17.7 Å². The van der Waals surface area contributed by atoms with Crippen LogP contribution in [0.5, 0.6) is 0 Å². The molecule has 3 amide bonds. The van der Waals surface area contributed by atoms with E-state index in [2.05, 4.69) is 20.7 Å². The second kappa shape index (κ2) is 15.6. The smallest absolute Gasteiger partial charge is 0.325 e. The molecule has 0 aromatic heterocycles. The second-order valence-electron chi connectivity index (χ2n) is 5.69. The molecule has 0 saturated heterocycles. The Morgan fingerprint density at radius 3 is 1.85 bits per heavy atom. The van der Waals surface area contributed by atoms with Gasteiger partial charge in [-0.05, 0) is 19.3 Å². The standard InChI is InChI=1S/C17H29N3O7/c1-3-4-9-27-17(25)12-20-15(23)11-19-14(22)10-18-13(21)7-5-6-8-16(24)26-2/h3-12H2,1-2H3,(H,18,21)(H,19,22)(H,20,23). The van der Waals surface area contributed by atoms with E-state index in [4.69, 9.17) is 4.74 Å². The van der Waals surface area contributed by atoms with E-state index in [1.54, 1.807) is 0 Å². The molecular formula is C17H29N3O7. The van der Waals surface area contributed by atoms with Crippen LogP contribution in [0, 0.1) is 0 Å². The van der Waals surface area contributed by atoms with Crippen LogP contribution in [0.15, 0.2) is 0 Å². The molecule has 0 bridgehead atoms. The molecule has 0 fully saturated rings. The first-order valence-corrected chi connectivity index (χ1v) is 8.91. The van der Waals surface area contributed by atoms with Crippen LogP contribution in [0.4, 0.5) is 0 Å². The zero-order chi connectivity index (χ0) is 20.5. The van der Waals surface area contributed by atoms with Gasteiger partial charge in [0, 0.05) is 12.8 Å². The van der Waals surface area contributed by atoms with E-state index in [1.165, 1.54) is 7.11 Å². The van der Waals surface area contributed by atoms with Crippen molar-refractivity contribution in [3.63, 3.8) is 0 Å². The predicted molar refractivity (Wildman–Crippen MR) is 95.4 cm³/mol. The van der Waals surface area contributed by atoms with Gasteiger partial charge >= 0.3 is 11.9 Å². The molecule has 0 aliphatic heterocycles. The molecule has 154 valence electrons. The summed E-state index contributed by atoms with van der Waals surface area (Å²) in [6.45, 7) is 1.44. The number of amides is 3. The zero-order valence-electron chi connectivity index (χ0n) is 15.9. The minimum atomic E-state index is -0.539. The number of carbonyl (C=O) groups is 5. The molecule has 10 nitrogen and oxygen atoms in total. The normalized spacial score (nSPS) is 9.85. The van der Waals surface area contributed by atoms with Gasteiger partial charge in [0.05, 0.1) is 26.8 Å². The maximum absolute atomic E-state index is 11.6. The molecule has 0 aromatic rings. The van der Waals surface area contributed by atoms with E-state index in [9.17, 15) is 24.0 Å². The summed E-state index contributed by atoms with van der Waals surface area (Å²) in [5.74, 6) is -2.26. The molecule has 0 unspecified atom stereocenters. The lowest BCUT2D eigenvalue weighted by atomic mass is 10.2. The van der Waals surface area contributed by atoms with Gasteiger partial charge in [-0.1, -0.05) is 13.3 Å².